The first kappa shape index (κ1) is 21.5. The Morgan fingerprint density at radius 1 is 1.28 bits per heavy atom. The molecule has 0 saturated heterocycles. The van der Waals surface area contributed by atoms with Crippen LogP contribution < -0.4 is 4.74 Å². The van der Waals surface area contributed by atoms with Gasteiger partial charge < -0.3 is 19.3 Å². The maximum absolute atomic E-state index is 14.1. The van der Waals surface area contributed by atoms with E-state index in [9.17, 15) is 23.1 Å². The molecule has 1 N–H and O–H groups in total. The minimum absolute atomic E-state index is 0.114. The fourth-order valence-electron chi connectivity index (χ4n) is 1.82. The van der Waals surface area contributed by atoms with E-state index in [4.69, 9.17) is 9.47 Å². The van der Waals surface area contributed by atoms with Crippen LogP contribution in [0.5, 0.6) is 5.75 Å². The first-order valence-corrected chi connectivity index (χ1v) is 11.4. The molecule has 0 spiro atoms. The number of halogens is 3. The molecule has 5 nitrogen and oxygen atoms in total. The van der Waals surface area contributed by atoms with Crippen LogP contribution in [-0.2, 0) is 14.3 Å². The van der Waals surface area contributed by atoms with E-state index in [2.05, 4.69) is 24.4 Å². The third-order valence-electron chi connectivity index (χ3n) is 3.17. The van der Waals surface area contributed by atoms with Crippen LogP contribution in [-0.4, -0.2) is 45.6 Å². The lowest BCUT2D eigenvalue weighted by Gasteiger charge is -2.18. The second-order valence-corrected chi connectivity index (χ2v) is 12.2. The van der Waals surface area contributed by atoms with E-state index in [0.717, 1.165) is 18.2 Å². The summed E-state index contributed by atoms with van der Waals surface area (Å²) >= 11 is 0. The Labute approximate surface area is 145 Å². The van der Waals surface area contributed by atoms with Gasteiger partial charge in [0.1, 0.15) is 25.0 Å². The number of aliphatic carboxylic acids is 1. The van der Waals surface area contributed by atoms with Gasteiger partial charge in [0.15, 0.2) is 6.10 Å². The summed E-state index contributed by atoms with van der Waals surface area (Å²) in [6.07, 6.45) is -4.25. The van der Waals surface area contributed by atoms with Gasteiger partial charge in [-0.1, -0.05) is 19.6 Å². The van der Waals surface area contributed by atoms with Gasteiger partial charge in [0.05, 0.1) is 0 Å². The molecule has 0 saturated carbocycles. The average Bonchev–Trinajstić information content (AvgIpc) is 2.48. The monoisotopic (exact) mass is 380 g/mol. The summed E-state index contributed by atoms with van der Waals surface area (Å²) in [6, 6.07) is 4.09. The molecule has 0 aromatic heterocycles. The number of carboxylic acids is 1. The van der Waals surface area contributed by atoms with Gasteiger partial charge in [0.25, 0.3) is 6.43 Å². The van der Waals surface area contributed by atoms with E-state index in [-0.39, 0.29) is 18.1 Å². The maximum atomic E-state index is 14.1. The molecule has 0 amide bonds. The SMILES string of the molecule is C[Si](C)(C)CCOCO[C@@H](C(=O)O)c1ccc(OCC(F)F)cc1F. The van der Waals surface area contributed by atoms with Gasteiger partial charge in [-0.05, 0) is 18.2 Å². The van der Waals surface area contributed by atoms with Crippen molar-refractivity contribution in [3.05, 3.63) is 29.6 Å². The summed E-state index contributed by atoms with van der Waals surface area (Å²) in [5.74, 6) is -2.41. The topological polar surface area (TPSA) is 65.0 Å². The first-order valence-electron chi connectivity index (χ1n) is 7.72. The van der Waals surface area contributed by atoms with E-state index < -0.39 is 39.0 Å². The summed E-state index contributed by atoms with van der Waals surface area (Å²) in [5.41, 5.74) is -0.231. The van der Waals surface area contributed by atoms with Gasteiger partial charge in [-0.2, -0.15) is 0 Å². The molecule has 0 unspecified atom stereocenters. The molecule has 1 rings (SSSR count). The first-order chi connectivity index (χ1) is 11.6. The van der Waals surface area contributed by atoms with Crippen molar-refractivity contribution >= 4 is 14.0 Å². The average molecular weight is 380 g/mol. The third kappa shape index (κ3) is 8.37. The van der Waals surface area contributed by atoms with Crippen LogP contribution >= 0.6 is 0 Å². The molecule has 1 aromatic carbocycles. The Bertz CT molecular complexity index is 563. The molecule has 9 heteroatoms. The number of hydrogen-bond acceptors (Lipinski definition) is 4. The number of hydrogen-bond donors (Lipinski definition) is 1. The van der Waals surface area contributed by atoms with Crippen molar-refractivity contribution in [2.24, 2.45) is 0 Å². The van der Waals surface area contributed by atoms with Gasteiger partial charge in [0.2, 0.25) is 0 Å². The highest BCUT2D eigenvalue weighted by atomic mass is 28.3. The Kier molecular flexibility index (Phi) is 8.40. The zero-order valence-electron chi connectivity index (χ0n) is 14.4. The number of rotatable bonds is 11. The lowest BCUT2D eigenvalue weighted by molar-refractivity contribution is -0.161. The van der Waals surface area contributed by atoms with Crippen LogP contribution in [0.2, 0.25) is 25.7 Å². The minimum Gasteiger partial charge on any atom is -0.488 e. The van der Waals surface area contributed by atoms with Crippen LogP contribution in [0, 0.1) is 5.82 Å². The van der Waals surface area contributed by atoms with Crippen molar-refractivity contribution < 1.29 is 37.3 Å². The van der Waals surface area contributed by atoms with Gasteiger partial charge >= 0.3 is 5.97 Å². The number of carboxylic acid groups (broad SMARTS) is 1. The third-order valence-corrected chi connectivity index (χ3v) is 4.87. The molecule has 0 aliphatic heterocycles. The predicted molar refractivity (Wildman–Crippen MR) is 88.3 cm³/mol. The number of carbonyl (C=O) groups is 1. The van der Waals surface area contributed by atoms with Crippen molar-refractivity contribution in [1.29, 1.82) is 0 Å². The van der Waals surface area contributed by atoms with Crippen molar-refractivity contribution in [1.82, 2.24) is 0 Å². The molecule has 142 valence electrons. The van der Waals surface area contributed by atoms with Crippen LogP contribution in [0.4, 0.5) is 13.2 Å². The summed E-state index contributed by atoms with van der Waals surface area (Å²) in [4.78, 5) is 11.3. The van der Waals surface area contributed by atoms with E-state index in [1.807, 2.05) is 0 Å². The van der Waals surface area contributed by atoms with Crippen molar-refractivity contribution in [2.45, 2.75) is 38.2 Å². The maximum Gasteiger partial charge on any atom is 0.337 e. The van der Waals surface area contributed by atoms with Gasteiger partial charge in [-0.3, -0.25) is 0 Å². The molecule has 1 aromatic rings. The van der Waals surface area contributed by atoms with E-state index in [1.165, 1.54) is 6.07 Å². The van der Waals surface area contributed by atoms with Crippen LogP contribution in [0.15, 0.2) is 18.2 Å². The second-order valence-electron chi connectivity index (χ2n) is 6.61. The number of alkyl halides is 2. The lowest BCUT2D eigenvalue weighted by Crippen LogP contribution is -2.23. The Hall–Kier alpha value is -1.58. The molecular weight excluding hydrogens is 357 g/mol. The van der Waals surface area contributed by atoms with Gasteiger partial charge in [-0.25, -0.2) is 18.0 Å². The standard InChI is InChI=1S/C16H23F3O5Si/c1-25(2,3)7-6-22-10-24-15(16(20)21)12-5-4-11(8-13(12)17)23-9-14(18)19/h4-5,8,14-15H,6-7,9-10H2,1-3H3,(H,20,21)/t15-/m1/s1. The molecule has 0 aliphatic carbocycles. The van der Waals surface area contributed by atoms with Crippen LogP contribution in [0.25, 0.3) is 0 Å². The Balaban J connectivity index is 2.64. The highest BCUT2D eigenvalue weighted by Crippen LogP contribution is 2.25. The van der Waals surface area contributed by atoms with Crippen molar-refractivity contribution in [3.8, 4) is 5.75 Å². The second kappa shape index (κ2) is 9.78. The fourth-order valence-corrected chi connectivity index (χ4v) is 2.57. The highest BCUT2D eigenvalue weighted by Gasteiger charge is 2.25. The fraction of sp³-hybridized carbons (Fsp3) is 0.562. The van der Waals surface area contributed by atoms with E-state index in [0.29, 0.717) is 6.61 Å². The van der Waals surface area contributed by atoms with Crippen molar-refractivity contribution in [2.75, 3.05) is 20.0 Å². The molecule has 25 heavy (non-hydrogen) atoms. The number of benzene rings is 1. The molecule has 0 fully saturated rings. The Morgan fingerprint density at radius 3 is 2.48 bits per heavy atom. The molecular formula is C16H23F3O5Si. The van der Waals surface area contributed by atoms with Crippen LogP contribution in [0.3, 0.4) is 0 Å². The van der Waals surface area contributed by atoms with Crippen LogP contribution in [0.1, 0.15) is 11.7 Å². The molecule has 1 atom stereocenters. The molecule has 0 heterocycles. The highest BCUT2D eigenvalue weighted by molar-refractivity contribution is 6.76. The van der Waals surface area contributed by atoms with E-state index in [1.54, 1.807) is 0 Å². The summed E-state index contributed by atoms with van der Waals surface area (Å²) in [6.45, 7) is 5.79. The Morgan fingerprint density at radius 2 is 1.96 bits per heavy atom. The molecule has 0 bridgehead atoms. The van der Waals surface area contributed by atoms with Gasteiger partial charge in [-0.15, -0.1) is 0 Å². The summed E-state index contributed by atoms with van der Waals surface area (Å²) < 4.78 is 53.3. The predicted octanol–water partition coefficient (Wildman–Crippen LogP) is 3.92. The summed E-state index contributed by atoms with van der Waals surface area (Å²) in [5, 5.41) is 9.21. The quantitative estimate of drug-likeness (QED) is 0.358. The zero-order chi connectivity index (χ0) is 19.0. The van der Waals surface area contributed by atoms with Gasteiger partial charge in [0, 0.05) is 26.3 Å². The largest absolute Gasteiger partial charge is 0.488 e. The minimum atomic E-state index is -2.69. The normalized spacial score (nSPS) is 13.1. The summed E-state index contributed by atoms with van der Waals surface area (Å²) in [7, 11) is -1.28. The number of ether oxygens (including phenoxy) is 3. The smallest absolute Gasteiger partial charge is 0.337 e. The lowest BCUT2D eigenvalue weighted by atomic mass is 10.1. The van der Waals surface area contributed by atoms with Crippen molar-refractivity contribution in [3.63, 3.8) is 0 Å². The van der Waals surface area contributed by atoms with E-state index >= 15 is 0 Å². The molecule has 0 radical (unpaired) electrons. The zero-order valence-corrected chi connectivity index (χ0v) is 15.4. The molecule has 0 aliphatic rings.